The van der Waals surface area contributed by atoms with Crippen LogP contribution in [0, 0.1) is 13.8 Å². The quantitative estimate of drug-likeness (QED) is 0.364. The molecule has 0 aliphatic heterocycles. The van der Waals surface area contributed by atoms with Crippen molar-refractivity contribution in [2.75, 3.05) is 15.4 Å². The van der Waals surface area contributed by atoms with Gasteiger partial charge in [0.25, 0.3) is 10.0 Å². The highest BCUT2D eigenvalue weighted by Crippen LogP contribution is 2.19. The van der Waals surface area contributed by atoms with Crippen LogP contribution in [0.4, 0.5) is 17.2 Å². The molecule has 0 spiro atoms. The number of hydrogen-bond acceptors (Lipinski definition) is 5. The van der Waals surface area contributed by atoms with E-state index < -0.39 is 10.0 Å². The number of fused-ring (bicyclic) bond motifs is 1. The fraction of sp³-hybridized carbons (Fsp3) is 0.0870. The van der Waals surface area contributed by atoms with Crippen LogP contribution in [0.2, 0.25) is 0 Å². The Hall–Kier alpha value is -3.56. The first-order valence-electron chi connectivity index (χ1n) is 9.79. The molecule has 32 heavy (non-hydrogen) atoms. The fourth-order valence-corrected chi connectivity index (χ4v) is 4.48. The number of nitrogens with one attached hydrogen (secondary N) is 3. The van der Waals surface area contributed by atoms with Crippen molar-refractivity contribution in [1.29, 1.82) is 0 Å². The maximum Gasteiger partial charge on any atom is 0.263 e. The van der Waals surface area contributed by atoms with Gasteiger partial charge in [-0.25, -0.2) is 13.4 Å². The normalized spacial score (nSPS) is 11.2. The number of thiocarbonyl (C=S) groups is 1. The van der Waals surface area contributed by atoms with Gasteiger partial charge >= 0.3 is 0 Å². The van der Waals surface area contributed by atoms with Crippen molar-refractivity contribution in [3.05, 3.63) is 84.1 Å². The smallest absolute Gasteiger partial charge is 0.263 e. The molecule has 0 unspecified atom stereocenters. The number of aromatic nitrogens is 2. The van der Waals surface area contributed by atoms with Crippen molar-refractivity contribution in [2.45, 2.75) is 18.7 Å². The Morgan fingerprint density at radius 1 is 0.844 bits per heavy atom. The van der Waals surface area contributed by atoms with Crippen molar-refractivity contribution in [3.63, 3.8) is 0 Å². The molecule has 162 valence electrons. The molecule has 0 amide bonds. The third-order valence-electron chi connectivity index (χ3n) is 4.59. The molecule has 0 bridgehead atoms. The van der Waals surface area contributed by atoms with Gasteiger partial charge in [-0.05, 0) is 85.7 Å². The molecule has 4 aromatic rings. The Labute approximate surface area is 192 Å². The summed E-state index contributed by atoms with van der Waals surface area (Å²) in [4.78, 5) is 8.64. The topological polar surface area (TPSA) is 96.0 Å². The van der Waals surface area contributed by atoms with Crippen LogP contribution in [0.15, 0.2) is 77.8 Å². The van der Waals surface area contributed by atoms with Crippen LogP contribution in [-0.2, 0) is 10.0 Å². The van der Waals surface area contributed by atoms with Gasteiger partial charge in [-0.2, -0.15) is 0 Å². The zero-order valence-corrected chi connectivity index (χ0v) is 19.1. The summed E-state index contributed by atoms with van der Waals surface area (Å²) >= 11 is 5.37. The summed E-state index contributed by atoms with van der Waals surface area (Å²) in [5.74, 6) is 0.157. The maximum atomic E-state index is 12.7. The highest BCUT2D eigenvalue weighted by Gasteiger charge is 2.15. The van der Waals surface area contributed by atoms with Crippen LogP contribution in [0.3, 0.4) is 0 Å². The lowest BCUT2D eigenvalue weighted by Crippen LogP contribution is -2.19. The zero-order valence-electron chi connectivity index (χ0n) is 17.5. The number of anilines is 3. The van der Waals surface area contributed by atoms with Gasteiger partial charge in [-0.15, -0.1) is 0 Å². The van der Waals surface area contributed by atoms with Crippen molar-refractivity contribution < 1.29 is 8.42 Å². The lowest BCUT2D eigenvalue weighted by atomic mass is 10.1. The largest absolute Gasteiger partial charge is 0.332 e. The predicted molar refractivity (Wildman–Crippen MR) is 133 cm³/mol. The van der Waals surface area contributed by atoms with Crippen LogP contribution >= 0.6 is 12.2 Å². The molecule has 0 aliphatic rings. The second-order valence-electron chi connectivity index (χ2n) is 7.33. The summed E-state index contributed by atoms with van der Waals surface area (Å²) < 4.78 is 27.9. The third kappa shape index (κ3) is 5.19. The first-order valence-corrected chi connectivity index (χ1v) is 11.7. The van der Waals surface area contributed by atoms with Crippen molar-refractivity contribution in [2.24, 2.45) is 0 Å². The number of para-hydroxylation sites is 2. The van der Waals surface area contributed by atoms with Gasteiger partial charge in [0, 0.05) is 11.4 Å². The monoisotopic (exact) mass is 463 g/mol. The molecule has 7 nitrogen and oxygen atoms in total. The summed E-state index contributed by atoms with van der Waals surface area (Å²) in [5.41, 5.74) is 5.12. The van der Waals surface area contributed by atoms with Gasteiger partial charge in [-0.3, -0.25) is 9.71 Å². The number of hydrogen-bond donors (Lipinski definition) is 3. The van der Waals surface area contributed by atoms with E-state index in [1.54, 1.807) is 18.2 Å². The van der Waals surface area contributed by atoms with E-state index in [4.69, 9.17) is 12.2 Å². The molecule has 3 N–H and O–H groups in total. The third-order valence-corrected chi connectivity index (χ3v) is 6.16. The molecule has 1 aromatic heterocycles. The molecule has 0 fully saturated rings. The molecule has 1 heterocycles. The van der Waals surface area contributed by atoms with Crippen molar-refractivity contribution in [3.8, 4) is 0 Å². The SMILES string of the molecule is Cc1cc(C)cc(NC(=S)Nc2ccc(S(=O)(=O)Nc3cnc4ccccc4n3)cc2)c1. The predicted octanol–water partition coefficient (Wildman–Crippen LogP) is 4.86. The van der Waals surface area contributed by atoms with Gasteiger partial charge in [0.2, 0.25) is 0 Å². The minimum absolute atomic E-state index is 0.103. The van der Waals surface area contributed by atoms with Gasteiger partial charge < -0.3 is 10.6 Å². The minimum Gasteiger partial charge on any atom is -0.332 e. The molecule has 3 aromatic carbocycles. The van der Waals surface area contributed by atoms with Crippen molar-refractivity contribution in [1.82, 2.24) is 9.97 Å². The van der Waals surface area contributed by atoms with E-state index in [2.05, 4.69) is 31.4 Å². The minimum atomic E-state index is -3.81. The second-order valence-corrected chi connectivity index (χ2v) is 9.42. The molecule has 4 rings (SSSR count). The van der Waals surface area contributed by atoms with Crippen molar-refractivity contribution >= 4 is 55.6 Å². The van der Waals surface area contributed by atoms with E-state index >= 15 is 0 Å². The van der Waals surface area contributed by atoms with E-state index in [1.165, 1.54) is 18.3 Å². The highest BCUT2D eigenvalue weighted by atomic mass is 32.2. The number of aryl methyl sites for hydroxylation is 2. The first-order chi connectivity index (χ1) is 15.3. The molecular formula is C23H21N5O2S2. The molecule has 0 saturated heterocycles. The lowest BCUT2D eigenvalue weighted by Gasteiger charge is -2.13. The van der Waals surface area contributed by atoms with Gasteiger partial charge in [0.05, 0.1) is 22.1 Å². The van der Waals surface area contributed by atoms with Crippen LogP contribution in [-0.4, -0.2) is 23.5 Å². The van der Waals surface area contributed by atoms with E-state index in [9.17, 15) is 8.42 Å². The molecule has 9 heteroatoms. The van der Waals surface area contributed by atoms with Crippen LogP contribution in [0.1, 0.15) is 11.1 Å². The second kappa shape index (κ2) is 8.89. The summed E-state index contributed by atoms with van der Waals surface area (Å²) in [7, 11) is -3.81. The summed E-state index contributed by atoms with van der Waals surface area (Å²) in [6.45, 7) is 4.04. The standard InChI is InChI=1S/C23H21N5O2S2/c1-15-11-16(2)13-18(12-15)26-23(31)25-17-7-9-19(10-8-17)32(29,30)28-22-14-24-20-5-3-4-6-21(20)27-22/h3-14H,1-2H3,(H,27,28)(H2,25,26,31). The fourth-order valence-electron chi connectivity index (χ4n) is 3.26. The maximum absolute atomic E-state index is 12.7. The van der Waals surface area contributed by atoms with E-state index in [0.29, 0.717) is 21.8 Å². The molecule has 0 radical (unpaired) electrons. The summed E-state index contributed by atoms with van der Waals surface area (Å²) in [6.07, 6.45) is 1.40. The summed E-state index contributed by atoms with van der Waals surface area (Å²) in [6, 6.07) is 19.6. The molecule has 0 atom stereocenters. The number of rotatable bonds is 5. The Balaban J connectivity index is 1.44. The van der Waals surface area contributed by atoms with Crippen LogP contribution in [0.5, 0.6) is 0 Å². The first kappa shape index (κ1) is 21.7. The Morgan fingerprint density at radius 2 is 1.47 bits per heavy atom. The van der Waals surface area contributed by atoms with E-state index in [-0.39, 0.29) is 10.7 Å². The van der Waals surface area contributed by atoms with Crippen LogP contribution < -0.4 is 15.4 Å². The van der Waals surface area contributed by atoms with E-state index in [1.807, 2.05) is 44.2 Å². The average molecular weight is 464 g/mol. The van der Waals surface area contributed by atoms with Gasteiger partial charge in [0.1, 0.15) is 0 Å². The average Bonchev–Trinajstić information content (AvgIpc) is 2.73. The van der Waals surface area contributed by atoms with Gasteiger partial charge in [-0.1, -0.05) is 18.2 Å². The Morgan fingerprint density at radius 3 is 2.16 bits per heavy atom. The van der Waals surface area contributed by atoms with E-state index in [0.717, 1.165) is 16.8 Å². The highest BCUT2D eigenvalue weighted by molar-refractivity contribution is 7.92. The van der Waals surface area contributed by atoms with Gasteiger partial charge in [0.15, 0.2) is 10.9 Å². The summed E-state index contributed by atoms with van der Waals surface area (Å²) in [5, 5.41) is 6.61. The zero-order chi connectivity index (χ0) is 22.7. The Kier molecular flexibility index (Phi) is 6.02. The number of sulfonamides is 1. The molecular weight excluding hydrogens is 442 g/mol. The number of nitrogens with zero attached hydrogens (tertiary/aromatic N) is 2. The Bertz CT molecular complexity index is 1380. The van der Waals surface area contributed by atoms with Crippen LogP contribution in [0.25, 0.3) is 11.0 Å². The number of benzene rings is 3. The molecule has 0 aliphatic carbocycles. The lowest BCUT2D eigenvalue weighted by molar-refractivity contribution is 0.601. The molecule has 0 saturated carbocycles.